The fourth-order valence-corrected chi connectivity index (χ4v) is 2.74. The topological polar surface area (TPSA) is 12.4 Å². The molecule has 1 atom stereocenters. The van der Waals surface area contributed by atoms with E-state index in [1.165, 1.54) is 5.56 Å². The second-order valence-electron chi connectivity index (χ2n) is 5.54. The number of hydrogen-bond donors (Lipinski definition) is 0. The first-order valence-corrected chi connectivity index (χ1v) is 8.12. The van der Waals surface area contributed by atoms with Crippen molar-refractivity contribution in [3.05, 3.63) is 108 Å². The summed E-state index contributed by atoms with van der Waals surface area (Å²) in [6.07, 6.45) is 0.979. The van der Waals surface area contributed by atoms with Crippen LogP contribution in [0.25, 0.3) is 0 Å². The molecule has 114 valence electrons. The third kappa shape index (κ3) is 3.75. The van der Waals surface area contributed by atoms with Crippen molar-refractivity contribution in [3.63, 3.8) is 0 Å². The molecule has 0 aliphatic carbocycles. The quantitative estimate of drug-likeness (QED) is 0.538. The van der Waals surface area contributed by atoms with Crippen molar-refractivity contribution in [2.45, 2.75) is 19.4 Å². The largest absolute Gasteiger partial charge is 0.276 e. The fraction of sp³-hybridized carbons (Fsp3) is 0.136. The van der Waals surface area contributed by atoms with Crippen molar-refractivity contribution < 1.29 is 0 Å². The molecule has 3 rings (SSSR count). The number of rotatable bonds is 5. The molecule has 1 heteroatoms. The lowest BCUT2D eigenvalue weighted by molar-refractivity contribution is 0.702. The summed E-state index contributed by atoms with van der Waals surface area (Å²) in [7, 11) is 0. The van der Waals surface area contributed by atoms with Crippen molar-refractivity contribution in [2.75, 3.05) is 0 Å². The molecule has 1 unspecified atom stereocenters. The summed E-state index contributed by atoms with van der Waals surface area (Å²) >= 11 is 0. The van der Waals surface area contributed by atoms with Crippen LogP contribution >= 0.6 is 0 Å². The third-order valence-corrected chi connectivity index (χ3v) is 3.95. The molecule has 0 fully saturated rings. The van der Waals surface area contributed by atoms with E-state index in [4.69, 9.17) is 4.99 Å². The second kappa shape index (κ2) is 7.55. The number of benzene rings is 3. The lowest BCUT2D eigenvalue weighted by Crippen LogP contribution is -2.06. The van der Waals surface area contributed by atoms with Gasteiger partial charge in [-0.2, -0.15) is 0 Å². The van der Waals surface area contributed by atoms with Crippen LogP contribution < -0.4 is 0 Å². The Balaban J connectivity index is 2.07. The highest BCUT2D eigenvalue weighted by atomic mass is 14.8. The molecule has 1 nitrogen and oxygen atoms in total. The molecule has 0 bridgehead atoms. The molecular formula is C22H21N. The summed E-state index contributed by atoms with van der Waals surface area (Å²) < 4.78 is 0. The summed E-state index contributed by atoms with van der Waals surface area (Å²) in [4.78, 5) is 5.12. The molecule has 0 amide bonds. The first kappa shape index (κ1) is 15.2. The Hall–Kier alpha value is -2.67. The summed E-state index contributed by atoms with van der Waals surface area (Å²) in [5.41, 5.74) is 4.64. The van der Waals surface area contributed by atoms with Gasteiger partial charge >= 0.3 is 0 Å². The Kier molecular flexibility index (Phi) is 5.00. The number of nitrogens with zero attached hydrogens (tertiary/aromatic N) is 1. The zero-order valence-electron chi connectivity index (χ0n) is 13.4. The zero-order valence-corrected chi connectivity index (χ0v) is 13.4. The van der Waals surface area contributed by atoms with Crippen molar-refractivity contribution in [2.24, 2.45) is 4.99 Å². The predicted molar refractivity (Wildman–Crippen MR) is 98.0 cm³/mol. The minimum atomic E-state index is 0.173. The molecular weight excluding hydrogens is 278 g/mol. The van der Waals surface area contributed by atoms with Crippen LogP contribution in [0.2, 0.25) is 0 Å². The van der Waals surface area contributed by atoms with Gasteiger partial charge in [0, 0.05) is 11.1 Å². The van der Waals surface area contributed by atoms with Gasteiger partial charge in [-0.15, -0.1) is 0 Å². The van der Waals surface area contributed by atoms with Crippen LogP contribution in [0.1, 0.15) is 36.1 Å². The lowest BCUT2D eigenvalue weighted by atomic mass is 10.00. The van der Waals surface area contributed by atoms with Crippen molar-refractivity contribution in [3.8, 4) is 0 Å². The number of hydrogen-bond acceptors (Lipinski definition) is 1. The first-order chi connectivity index (χ1) is 11.4. The van der Waals surface area contributed by atoms with Crippen LogP contribution in [0.5, 0.6) is 0 Å². The summed E-state index contributed by atoms with van der Waals surface area (Å²) in [5, 5.41) is 0. The van der Waals surface area contributed by atoms with Crippen molar-refractivity contribution in [1.82, 2.24) is 0 Å². The first-order valence-electron chi connectivity index (χ1n) is 8.12. The average molecular weight is 299 g/mol. The van der Waals surface area contributed by atoms with Crippen molar-refractivity contribution in [1.29, 1.82) is 0 Å². The molecule has 3 aromatic rings. The van der Waals surface area contributed by atoms with Crippen LogP contribution in [-0.4, -0.2) is 5.71 Å². The maximum absolute atomic E-state index is 5.12. The molecule has 0 aliphatic heterocycles. The third-order valence-electron chi connectivity index (χ3n) is 3.95. The predicted octanol–water partition coefficient (Wildman–Crippen LogP) is 5.68. The highest BCUT2D eigenvalue weighted by Crippen LogP contribution is 2.23. The van der Waals surface area contributed by atoms with Crippen molar-refractivity contribution >= 4 is 5.71 Å². The molecule has 23 heavy (non-hydrogen) atoms. The van der Waals surface area contributed by atoms with E-state index >= 15 is 0 Å². The van der Waals surface area contributed by atoms with Gasteiger partial charge < -0.3 is 0 Å². The van der Waals surface area contributed by atoms with E-state index < -0.39 is 0 Å². The standard InChI is InChI=1S/C22H21N/c1-2-21(18-12-6-3-7-13-18)23-22(19-14-8-4-9-15-19)20-16-10-5-11-17-20/h3-17,21H,2H2,1H3. The molecule has 0 radical (unpaired) electrons. The minimum absolute atomic E-state index is 0.173. The van der Waals surface area contributed by atoms with Crippen LogP contribution in [0.3, 0.4) is 0 Å². The fourth-order valence-electron chi connectivity index (χ4n) is 2.74. The van der Waals surface area contributed by atoms with Gasteiger partial charge in [-0.3, -0.25) is 4.99 Å². The molecule has 0 aliphatic rings. The molecule has 0 saturated carbocycles. The normalized spacial score (nSPS) is 11.7. The van der Waals surface area contributed by atoms with E-state index in [-0.39, 0.29) is 6.04 Å². The van der Waals surface area contributed by atoms with E-state index in [1.807, 2.05) is 12.1 Å². The summed E-state index contributed by atoms with van der Waals surface area (Å²) in [5.74, 6) is 0. The SMILES string of the molecule is CCC(N=C(c1ccccc1)c1ccccc1)c1ccccc1. The van der Waals surface area contributed by atoms with Crippen LogP contribution in [-0.2, 0) is 0 Å². The van der Waals surface area contributed by atoms with Gasteiger partial charge in [-0.05, 0) is 12.0 Å². The molecule has 0 aromatic heterocycles. The Bertz CT molecular complexity index is 704. The zero-order chi connectivity index (χ0) is 15.9. The molecule has 0 N–H and O–H groups in total. The summed E-state index contributed by atoms with van der Waals surface area (Å²) in [6.45, 7) is 2.19. The van der Waals surface area contributed by atoms with Crippen LogP contribution in [0, 0.1) is 0 Å². The van der Waals surface area contributed by atoms with Crippen LogP contribution in [0.15, 0.2) is 96.0 Å². The molecule has 0 heterocycles. The van der Waals surface area contributed by atoms with Gasteiger partial charge in [0.15, 0.2) is 0 Å². The maximum Gasteiger partial charge on any atom is 0.0754 e. The maximum atomic E-state index is 5.12. The van der Waals surface area contributed by atoms with Gasteiger partial charge in [0.05, 0.1) is 11.8 Å². The van der Waals surface area contributed by atoms with Gasteiger partial charge in [0.1, 0.15) is 0 Å². The lowest BCUT2D eigenvalue weighted by Gasteiger charge is -2.15. The Labute approximate surface area is 138 Å². The highest BCUT2D eigenvalue weighted by Gasteiger charge is 2.12. The smallest absolute Gasteiger partial charge is 0.0754 e. The van der Waals surface area contributed by atoms with E-state index in [1.54, 1.807) is 0 Å². The Morgan fingerprint density at radius 2 is 1.13 bits per heavy atom. The Morgan fingerprint density at radius 1 is 0.696 bits per heavy atom. The van der Waals surface area contributed by atoms with Gasteiger partial charge in [0.2, 0.25) is 0 Å². The second-order valence-corrected chi connectivity index (χ2v) is 5.54. The Morgan fingerprint density at radius 3 is 1.57 bits per heavy atom. The van der Waals surface area contributed by atoms with E-state index in [2.05, 4.69) is 85.8 Å². The van der Waals surface area contributed by atoms with Gasteiger partial charge in [0.25, 0.3) is 0 Å². The molecule has 3 aromatic carbocycles. The highest BCUT2D eigenvalue weighted by molar-refractivity contribution is 6.12. The average Bonchev–Trinajstić information content (AvgIpc) is 2.65. The number of aliphatic imine (C=N–C) groups is 1. The van der Waals surface area contributed by atoms with E-state index in [9.17, 15) is 0 Å². The van der Waals surface area contributed by atoms with Gasteiger partial charge in [-0.25, -0.2) is 0 Å². The monoisotopic (exact) mass is 299 g/mol. The van der Waals surface area contributed by atoms with E-state index in [0.29, 0.717) is 0 Å². The molecule has 0 saturated heterocycles. The van der Waals surface area contributed by atoms with E-state index in [0.717, 1.165) is 23.3 Å². The minimum Gasteiger partial charge on any atom is -0.276 e. The van der Waals surface area contributed by atoms with Gasteiger partial charge in [-0.1, -0.05) is 97.9 Å². The summed E-state index contributed by atoms with van der Waals surface area (Å²) in [6, 6.07) is 31.6. The van der Waals surface area contributed by atoms with Crippen LogP contribution in [0.4, 0.5) is 0 Å². The molecule has 0 spiro atoms.